The van der Waals surface area contributed by atoms with Gasteiger partial charge >= 0.3 is 0 Å². The number of fused-ring (bicyclic) bond motifs is 1. The molecule has 24 heavy (non-hydrogen) atoms. The van der Waals surface area contributed by atoms with E-state index in [9.17, 15) is 18.0 Å². The summed E-state index contributed by atoms with van der Waals surface area (Å²) in [5, 5.41) is 8.56. The molecule has 124 valence electrons. The van der Waals surface area contributed by atoms with E-state index in [1.54, 1.807) is 5.48 Å². The Hall–Kier alpha value is -3.00. The second-order valence-electron chi connectivity index (χ2n) is 5.16. The topological polar surface area (TPSA) is 88.5 Å². The van der Waals surface area contributed by atoms with Crippen LogP contribution < -0.4 is 16.6 Å². The molecule has 2 aromatic carbocycles. The van der Waals surface area contributed by atoms with Crippen molar-refractivity contribution in [2.24, 2.45) is 0 Å². The molecule has 0 aliphatic rings. The van der Waals surface area contributed by atoms with Crippen LogP contribution >= 0.6 is 0 Å². The minimum Gasteiger partial charge on any atom is -0.453 e. The molecule has 1 aromatic heterocycles. The summed E-state index contributed by atoms with van der Waals surface area (Å²) in [7, 11) is 0. The van der Waals surface area contributed by atoms with Gasteiger partial charge in [-0.3, -0.25) is 15.5 Å². The van der Waals surface area contributed by atoms with E-state index in [4.69, 9.17) is 15.4 Å². The van der Waals surface area contributed by atoms with Crippen LogP contribution in [-0.4, -0.2) is 5.21 Å². The summed E-state index contributed by atoms with van der Waals surface area (Å²) >= 11 is 0. The molecule has 1 heterocycles. The molecule has 0 spiro atoms. The quantitative estimate of drug-likeness (QED) is 0.492. The fourth-order valence-corrected chi connectivity index (χ4v) is 2.38. The van der Waals surface area contributed by atoms with Gasteiger partial charge in [0.25, 0.3) is 0 Å². The number of hydrogen-bond acceptors (Lipinski definition) is 5. The molecule has 0 aliphatic carbocycles. The molecule has 0 fully saturated rings. The lowest BCUT2D eigenvalue weighted by molar-refractivity contribution is 0.384. The summed E-state index contributed by atoms with van der Waals surface area (Å²) in [6, 6.07) is 4.63. The van der Waals surface area contributed by atoms with Crippen molar-refractivity contribution in [3.05, 3.63) is 57.5 Å². The second kappa shape index (κ2) is 5.57. The summed E-state index contributed by atoms with van der Waals surface area (Å²) in [6.07, 6.45) is 0. The van der Waals surface area contributed by atoms with Gasteiger partial charge in [0, 0.05) is 17.2 Å². The van der Waals surface area contributed by atoms with Crippen LogP contribution in [0.15, 0.2) is 33.5 Å². The van der Waals surface area contributed by atoms with Crippen molar-refractivity contribution >= 4 is 22.3 Å². The zero-order valence-corrected chi connectivity index (χ0v) is 12.3. The molecule has 0 bridgehead atoms. The number of rotatable bonds is 2. The van der Waals surface area contributed by atoms with Crippen molar-refractivity contribution in [3.63, 3.8) is 0 Å². The van der Waals surface area contributed by atoms with Crippen LogP contribution in [0, 0.1) is 24.4 Å². The Bertz CT molecular complexity index is 1030. The molecule has 0 aliphatic heterocycles. The molecule has 3 aromatic rings. The third-order valence-corrected chi connectivity index (χ3v) is 3.67. The predicted octanol–water partition coefficient (Wildman–Crippen LogP) is 3.57. The molecule has 0 atom stereocenters. The summed E-state index contributed by atoms with van der Waals surface area (Å²) in [6.45, 7) is 1.13. The predicted molar refractivity (Wildman–Crippen MR) is 82.4 cm³/mol. The Kier molecular flexibility index (Phi) is 3.69. The highest BCUT2D eigenvalue weighted by atomic mass is 19.1. The van der Waals surface area contributed by atoms with Crippen molar-refractivity contribution in [1.82, 2.24) is 0 Å². The van der Waals surface area contributed by atoms with Gasteiger partial charge in [0.2, 0.25) is 0 Å². The van der Waals surface area contributed by atoms with E-state index in [1.165, 1.54) is 12.1 Å². The van der Waals surface area contributed by atoms with Crippen LogP contribution in [-0.2, 0) is 0 Å². The number of nitrogens with one attached hydrogen (secondary N) is 1. The number of nitrogens with two attached hydrogens (primary N) is 1. The fourth-order valence-electron chi connectivity index (χ4n) is 2.38. The van der Waals surface area contributed by atoms with Crippen molar-refractivity contribution in [2.45, 2.75) is 6.92 Å². The van der Waals surface area contributed by atoms with Crippen molar-refractivity contribution < 1.29 is 22.8 Å². The first-order chi connectivity index (χ1) is 11.3. The van der Waals surface area contributed by atoms with Gasteiger partial charge in [-0.2, -0.15) is 0 Å². The van der Waals surface area contributed by atoms with E-state index in [0.29, 0.717) is 0 Å². The maximum atomic E-state index is 14.3. The lowest BCUT2D eigenvalue weighted by Crippen LogP contribution is -2.09. The van der Waals surface area contributed by atoms with Crippen LogP contribution in [0.25, 0.3) is 22.3 Å². The van der Waals surface area contributed by atoms with E-state index in [-0.39, 0.29) is 17.0 Å². The number of hydrogen-bond donors (Lipinski definition) is 3. The van der Waals surface area contributed by atoms with Crippen LogP contribution in [0.5, 0.6) is 0 Å². The molecule has 0 saturated heterocycles. The van der Waals surface area contributed by atoms with E-state index >= 15 is 0 Å². The zero-order chi connectivity index (χ0) is 17.6. The lowest BCUT2D eigenvalue weighted by atomic mass is 10.1. The highest BCUT2D eigenvalue weighted by Crippen LogP contribution is 2.33. The highest BCUT2D eigenvalue weighted by Gasteiger charge is 2.22. The molecular formula is C16H11F3N2O3. The van der Waals surface area contributed by atoms with Crippen LogP contribution in [0.3, 0.4) is 0 Å². The average molecular weight is 336 g/mol. The maximum absolute atomic E-state index is 14.3. The van der Waals surface area contributed by atoms with Crippen molar-refractivity contribution in [3.8, 4) is 11.3 Å². The van der Waals surface area contributed by atoms with E-state index in [1.807, 2.05) is 0 Å². The fraction of sp³-hybridized carbons (Fsp3) is 0.0625. The van der Waals surface area contributed by atoms with Crippen molar-refractivity contribution in [2.75, 3.05) is 11.2 Å². The number of anilines is 2. The molecule has 0 unspecified atom stereocenters. The van der Waals surface area contributed by atoms with Gasteiger partial charge in [0.15, 0.2) is 22.6 Å². The maximum Gasteiger partial charge on any atom is 0.195 e. The first-order valence-electron chi connectivity index (χ1n) is 6.76. The Morgan fingerprint density at radius 2 is 1.88 bits per heavy atom. The Labute approximate surface area is 133 Å². The van der Waals surface area contributed by atoms with Gasteiger partial charge in [-0.1, -0.05) is 0 Å². The molecular weight excluding hydrogens is 325 g/mol. The van der Waals surface area contributed by atoms with Gasteiger partial charge in [-0.05, 0) is 25.1 Å². The third-order valence-electron chi connectivity index (χ3n) is 3.67. The average Bonchev–Trinajstić information content (AvgIpc) is 2.56. The smallest absolute Gasteiger partial charge is 0.195 e. The number of benzene rings is 2. The Morgan fingerprint density at radius 1 is 1.17 bits per heavy atom. The normalized spacial score (nSPS) is 11.0. The molecule has 0 saturated carbocycles. The van der Waals surface area contributed by atoms with Crippen molar-refractivity contribution in [1.29, 1.82) is 0 Å². The summed E-state index contributed by atoms with van der Waals surface area (Å²) < 4.78 is 47.2. The SMILES string of the molecule is Cc1c(F)c(NO)c2c(=O)cc(-c3ccc(N)c(F)c3)oc2c1F. The summed E-state index contributed by atoms with van der Waals surface area (Å²) in [5.74, 6) is -3.05. The standard InChI is InChI=1S/C16H11F3N2O3/c1-6-13(18)15(21-23)12-10(22)5-11(24-16(12)14(6)19)7-2-3-9(20)8(17)4-7/h2-5,21,23H,20H2,1H3. The molecule has 3 rings (SSSR count). The van der Waals surface area contributed by atoms with Gasteiger partial charge < -0.3 is 10.2 Å². The van der Waals surface area contributed by atoms with Crippen LogP contribution in [0.2, 0.25) is 0 Å². The van der Waals surface area contributed by atoms with Gasteiger partial charge in [-0.15, -0.1) is 0 Å². The van der Waals surface area contributed by atoms with Gasteiger partial charge in [0.1, 0.15) is 17.3 Å². The van der Waals surface area contributed by atoms with Gasteiger partial charge in [0.05, 0.1) is 11.1 Å². The molecule has 0 radical (unpaired) electrons. The van der Waals surface area contributed by atoms with E-state index in [2.05, 4.69) is 0 Å². The first kappa shape index (κ1) is 15.9. The lowest BCUT2D eigenvalue weighted by Gasteiger charge is -2.11. The molecule has 8 heteroatoms. The molecule has 0 amide bonds. The monoisotopic (exact) mass is 336 g/mol. The Morgan fingerprint density at radius 3 is 2.50 bits per heavy atom. The Balaban J connectivity index is 2.39. The van der Waals surface area contributed by atoms with E-state index in [0.717, 1.165) is 19.1 Å². The second-order valence-corrected chi connectivity index (χ2v) is 5.16. The van der Waals surface area contributed by atoms with Gasteiger partial charge in [-0.25, -0.2) is 13.2 Å². The largest absolute Gasteiger partial charge is 0.453 e. The first-order valence-corrected chi connectivity index (χ1v) is 6.76. The number of nitrogen functional groups attached to an aromatic ring is 1. The zero-order valence-electron chi connectivity index (χ0n) is 12.3. The minimum atomic E-state index is -1.11. The molecule has 5 nitrogen and oxygen atoms in total. The molecule has 4 N–H and O–H groups in total. The third kappa shape index (κ3) is 2.28. The van der Waals surface area contributed by atoms with E-state index < -0.39 is 45.1 Å². The summed E-state index contributed by atoms with van der Waals surface area (Å²) in [5.41, 5.74) is 4.59. The van der Waals surface area contributed by atoms with Crippen LogP contribution in [0.1, 0.15) is 5.56 Å². The highest BCUT2D eigenvalue weighted by molar-refractivity contribution is 5.92. The number of halogens is 3. The van der Waals surface area contributed by atoms with Crippen LogP contribution in [0.4, 0.5) is 24.5 Å². The minimum absolute atomic E-state index is 0.0993. The summed E-state index contributed by atoms with van der Waals surface area (Å²) in [4.78, 5) is 12.3.